The first-order valence-corrected chi connectivity index (χ1v) is 6.75. The van der Waals surface area contributed by atoms with Crippen LogP contribution < -0.4 is 5.32 Å². The summed E-state index contributed by atoms with van der Waals surface area (Å²) >= 11 is 12.1. The summed E-state index contributed by atoms with van der Waals surface area (Å²) in [6.07, 6.45) is 2.15. The largest absolute Gasteiger partial charge is 0.465 e. The Morgan fingerprint density at radius 2 is 2.22 bits per heavy atom. The molecule has 0 aliphatic heterocycles. The highest BCUT2D eigenvalue weighted by Gasteiger charge is 2.31. The zero-order chi connectivity index (χ0) is 13.1. The predicted molar refractivity (Wildman–Crippen MR) is 72.0 cm³/mol. The maximum Gasteiger partial charge on any atom is 0.327 e. The number of benzene rings is 1. The molecule has 1 aliphatic rings. The molecule has 0 spiro atoms. The molecular weight excluding hydrogens is 273 g/mol. The van der Waals surface area contributed by atoms with Crippen molar-refractivity contribution in [2.45, 2.75) is 31.8 Å². The third-order valence-electron chi connectivity index (χ3n) is 2.79. The molecule has 0 heterocycles. The molecule has 2 rings (SSSR count). The summed E-state index contributed by atoms with van der Waals surface area (Å²) < 4.78 is 5.08. The Hall–Kier alpha value is -0.770. The molecule has 0 aromatic heterocycles. The number of hydrogen-bond donors (Lipinski definition) is 1. The second-order valence-corrected chi connectivity index (χ2v) is 5.05. The van der Waals surface area contributed by atoms with Crippen LogP contribution in [-0.2, 0) is 9.53 Å². The molecule has 18 heavy (non-hydrogen) atoms. The second-order valence-electron chi connectivity index (χ2n) is 4.27. The Kier molecular flexibility index (Phi) is 4.49. The van der Waals surface area contributed by atoms with Gasteiger partial charge in [-0.2, -0.15) is 0 Å². The van der Waals surface area contributed by atoms with Gasteiger partial charge in [0.25, 0.3) is 0 Å². The van der Waals surface area contributed by atoms with Crippen molar-refractivity contribution >= 4 is 29.2 Å². The summed E-state index contributed by atoms with van der Waals surface area (Å²) in [4.78, 5) is 12.0. The monoisotopic (exact) mass is 287 g/mol. The van der Waals surface area contributed by atoms with Crippen molar-refractivity contribution in [1.29, 1.82) is 0 Å². The van der Waals surface area contributed by atoms with Gasteiger partial charge in [-0.1, -0.05) is 35.3 Å². The highest BCUT2D eigenvalue weighted by molar-refractivity contribution is 6.42. The standard InChI is InChI=1S/C13H15Cl2NO2/c1-2-18-13(17)12(16-8-6-7-8)9-4-3-5-10(14)11(9)15/h3-5,8,12,16H,2,6-7H2,1H3. The Balaban J connectivity index is 2.26. The minimum atomic E-state index is -0.538. The highest BCUT2D eigenvalue weighted by atomic mass is 35.5. The van der Waals surface area contributed by atoms with E-state index < -0.39 is 6.04 Å². The number of ether oxygens (including phenoxy) is 1. The SMILES string of the molecule is CCOC(=O)C(NC1CC1)c1cccc(Cl)c1Cl. The summed E-state index contributed by atoms with van der Waals surface area (Å²) in [5.41, 5.74) is 0.675. The van der Waals surface area contributed by atoms with Gasteiger partial charge >= 0.3 is 5.97 Å². The van der Waals surface area contributed by atoms with Crippen LogP contribution in [0.1, 0.15) is 31.4 Å². The molecule has 1 unspecified atom stereocenters. The van der Waals surface area contributed by atoms with Crippen molar-refractivity contribution in [3.8, 4) is 0 Å². The molecule has 0 radical (unpaired) electrons. The molecule has 5 heteroatoms. The van der Waals surface area contributed by atoms with Gasteiger partial charge < -0.3 is 4.74 Å². The van der Waals surface area contributed by atoms with E-state index in [9.17, 15) is 4.79 Å². The van der Waals surface area contributed by atoms with Crippen LogP contribution in [0.5, 0.6) is 0 Å². The van der Waals surface area contributed by atoms with Crippen molar-refractivity contribution in [1.82, 2.24) is 5.32 Å². The lowest BCUT2D eigenvalue weighted by molar-refractivity contribution is -0.145. The predicted octanol–water partition coefficient (Wildman–Crippen LogP) is 3.35. The molecule has 1 fully saturated rings. The van der Waals surface area contributed by atoms with E-state index in [-0.39, 0.29) is 5.97 Å². The van der Waals surface area contributed by atoms with E-state index in [1.165, 1.54) is 0 Å². The number of carbonyl (C=O) groups excluding carboxylic acids is 1. The van der Waals surface area contributed by atoms with E-state index in [1.807, 2.05) is 0 Å². The first-order valence-electron chi connectivity index (χ1n) is 6.00. The van der Waals surface area contributed by atoms with Crippen LogP contribution in [0.4, 0.5) is 0 Å². The number of hydrogen-bond acceptors (Lipinski definition) is 3. The highest BCUT2D eigenvalue weighted by Crippen LogP contribution is 2.32. The van der Waals surface area contributed by atoms with Crippen molar-refractivity contribution in [3.05, 3.63) is 33.8 Å². The summed E-state index contributed by atoms with van der Waals surface area (Å²) in [5, 5.41) is 4.10. The molecule has 1 aliphatic carbocycles. The third kappa shape index (κ3) is 3.16. The van der Waals surface area contributed by atoms with Crippen LogP contribution in [0.3, 0.4) is 0 Å². The lowest BCUT2D eigenvalue weighted by Gasteiger charge is -2.19. The number of nitrogens with one attached hydrogen (secondary N) is 1. The molecule has 1 atom stereocenters. The van der Waals surface area contributed by atoms with Crippen molar-refractivity contribution in [2.75, 3.05) is 6.61 Å². The van der Waals surface area contributed by atoms with E-state index in [2.05, 4.69) is 5.32 Å². The second kappa shape index (κ2) is 5.91. The summed E-state index contributed by atoms with van der Waals surface area (Å²) in [7, 11) is 0. The fourth-order valence-electron chi connectivity index (χ4n) is 1.74. The summed E-state index contributed by atoms with van der Waals surface area (Å²) in [6, 6.07) is 5.11. The molecular formula is C13H15Cl2NO2. The lowest BCUT2D eigenvalue weighted by atomic mass is 10.1. The van der Waals surface area contributed by atoms with Crippen LogP contribution in [0.2, 0.25) is 10.0 Å². The normalized spacial score (nSPS) is 16.4. The molecule has 0 saturated heterocycles. The molecule has 1 aromatic rings. The fourth-order valence-corrected chi connectivity index (χ4v) is 2.16. The summed E-state index contributed by atoms with van der Waals surface area (Å²) in [6.45, 7) is 2.13. The molecule has 1 aromatic carbocycles. The Morgan fingerprint density at radius 1 is 1.50 bits per heavy atom. The maximum absolute atomic E-state index is 12.0. The van der Waals surface area contributed by atoms with E-state index in [4.69, 9.17) is 27.9 Å². The first-order chi connectivity index (χ1) is 8.63. The van der Waals surface area contributed by atoms with Gasteiger partial charge in [-0.05, 0) is 25.8 Å². The number of rotatable bonds is 5. The van der Waals surface area contributed by atoms with Crippen molar-refractivity contribution in [2.24, 2.45) is 0 Å². The van der Waals surface area contributed by atoms with Crippen LogP contribution in [0.15, 0.2) is 18.2 Å². The van der Waals surface area contributed by atoms with Gasteiger partial charge in [0.15, 0.2) is 0 Å². The van der Waals surface area contributed by atoms with Crippen LogP contribution >= 0.6 is 23.2 Å². The van der Waals surface area contributed by atoms with Crippen LogP contribution in [0, 0.1) is 0 Å². The molecule has 1 saturated carbocycles. The molecule has 0 amide bonds. The fraction of sp³-hybridized carbons (Fsp3) is 0.462. The van der Waals surface area contributed by atoms with E-state index >= 15 is 0 Å². The van der Waals surface area contributed by atoms with Gasteiger partial charge in [-0.3, -0.25) is 5.32 Å². The average molecular weight is 288 g/mol. The molecule has 1 N–H and O–H groups in total. The maximum atomic E-state index is 12.0. The van der Waals surface area contributed by atoms with Gasteiger partial charge in [0.1, 0.15) is 6.04 Å². The van der Waals surface area contributed by atoms with E-state index in [1.54, 1.807) is 25.1 Å². The number of halogens is 2. The minimum Gasteiger partial charge on any atom is -0.465 e. The number of esters is 1. The topological polar surface area (TPSA) is 38.3 Å². The smallest absolute Gasteiger partial charge is 0.327 e. The zero-order valence-corrected chi connectivity index (χ0v) is 11.6. The molecule has 3 nitrogen and oxygen atoms in total. The van der Waals surface area contributed by atoms with Gasteiger partial charge in [-0.25, -0.2) is 4.79 Å². The average Bonchev–Trinajstić information content (AvgIpc) is 3.14. The van der Waals surface area contributed by atoms with Crippen LogP contribution in [-0.4, -0.2) is 18.6 Å². The Morgan fingerprint density at radius 3 is 2.83 bits per heavy atom. The first kappa shape index (κ1) is 13.7. The van der Waals surface area contributed by atoms with Crippen molar-refractivity contribution in [3.63, 3.8) is 0 Å². The molecule has 98 valence electrons. The van der Waals surface area contributed by atoms with E-state index in [0.29, 0.717) is 28.3 Å². The van der Waals surface area contributed by atoms with Gasteiger partial charge in [-0.15, -0.1) is 0 Å². The Bertz CT molecular complexity index is 447. The number of carbonyl (C=O) groups is 1. The van der Waals surface area contributed by atoms with Crippen LogP contribution in [0.25, 0.3) is 0 Å². The third-order valence-corrected chi connectivity index (χ3v) is 3.63. The quantitative estimate of drug-likeness (QED) is 0.844. The van der Waals surface area contributed by atoms with Gasteiger partial charge in [0.2, 0.25) is 0 Å². The van der Waals surface area contributed by atoms with Crippen molar-refractivity contribution < 1.29 is 9.53 Å². The lowest BCUT2D eigenvalue weighted by Crippen LogP contribution is -2.32. The molecule has 0 bridgehead atoms. The van der Waals surface area contributed by atoms with Gasteiger partial charge in [0.05, 0.1) is 16.7 Å². The minimum absolute atomic E-state index is 0.312. The Labute approximate surface area is 116 Å². The van der Waals surface area contributed by atoms with Gasteiger partial charge in [0, 0.05) is 11.6 Å². The van der Waals surface area contributed by atoms with E-state index in [0.717, 1.165) is 12.8 Å². The zero-order valence-electron chi connectivity index (χ0n) is 10.1. The summed E-state index contributed by atoms with van der Waals surface area (Å²) in [5.74, 6) is -0.312.